The maximum Gasteiger partial charge on any atom is 0.252 e. The van der Waals surface area contributed by atoms with E-state index in [2.05, 4.69) is 22.8 Å². The molecule has 1 amide bonds. The average Bonchev–Trinajstić information content (AvgIpc) is 3.17. The summed E-state index contributed by atoms with van der Waals surface area (Å²) in [6.07, 6.45) is 0. The summed E-state index contributed by atoms with van der Waals surface area (Å²) in [7, 11) is 0. The van der Waals surface area contributed by atoms with Gasteiger partial charge in [0.25, 0.3) is 5.91 Å². The van der Waals surface area contributed by atoms with Crippen molar-refractivity contribution in [3.63, 3.8) is 0 Å². The van der Waals surface area contributed by atoms with E-state index in [-0.39, 0.29) is 11.9 Å². The predicted octanol–water partition coefficient (Wildman–Crippen LogP) is 4.39. The van der Waals surface area contributed by atoms with Gasteiger partial charge in [0.1, 0.15) is 0 Å². The molecule has 0 unspecified atom stereocenters. The zero-order chi connectivity index (χ0) is 13.1. The summed E-state index contributed by atoms with van der Waals surface area (Å²) in [5.41, 5.74) is 1.86. The van der Waals surface area contributed by atoms with Crippen LogP contribution in [0.5, 0.6) is 0 Å². The number of hydrogen-bond acceptors (Lipinski definition) is 4. The minimum atomic E-state index is -0.0568. The van der Waals surface area contributed by atoms with Crippen molar-refractivity contribution in [1.82, 2.24) is 5.32 Å². The van der Waals surface area contributed by atoms with Crippen molar-refractivity contribution in [3.8, 4) is 0 Å². The first-order valence-electron chi connectivity index (χ1n) is 5.73. The topological polar surface area (TPSA) is 29.1 Å². The van der Waals surface area contributed by atoms with E-state index in [1.165, 1.54) is 11.3 Å². The maximum absolute atomic E-state index is 12.2. The Labute approximate surface area is 123 Å². The molecule has 1 N–H and O–H groups in total. The van der Waals surface area contributed by atoms with E-state index in [0.717, 1.165) is 16.0 Å². The number of hydrogen-bond donors (Lipinski definition) is 1. The van der Waals surface area contributed by atoms with Crippen molar-refractivity contribution in [2.45, 2.75) is 6.04 Å². The lowest BCUT2D eigenvalue weighted by Gasteiger charge is -2.16. The summed E-state index contributed by atoms with van der Waals surface area (Å²) in [6, 6.07) is 7.91. The minimum absolute atomic E-state index is 0.0224. The SMILES string of the molecule is O=C(N[C@H](c1ccsc1)c1cccs1)c1ccsc1. The minimum Gasteiger partial charge on any atom is -0.340 e. The van der Waals surface area contributed by atoms with Gasteiger partial charge >= 0.3 is 0 Å². The Balaban J connectivity index is 1.87. The van der Waals surface area contributed by atoms with Crippen molar-refractivity contribution in [3.05, 3.63) is 67.2 Å². The zero-order valence-corrected chi connectivity index (χ0v) is 12.4. The molecule has 0 aromatic carbocycles. The highest BCUT2D eigenvalue weighted by molar-refractivity contribution is 7.10. The molecule has 3 heterocycles. The van der Waals surface area contributed by atoms with Gasteiger partial charge in [0.2, 0.25) is 0 Å². The highest BCUT2D eigenvalue weighted by atomic mass is 32.1. The van der Waals surface area contributed by atoms with Crippen molar-refractivity contribution < 1.29 is 4.79 Å². The number of thiophene rings is 3. The Kier molecular flexibility index (Phi) is 3.77. The maximum atomic E-state index is 12.2. The highest BCUT2D eigenvalue weighted by Gasteiger charge is 2.19. The van der Waals surface area contributed by atoms with Crippen LogP contribution in [0.3, 0.4) is 0 Å². The first-order valence-corrected chi connectivity index (χ1v) is 8.49. The molecule has 0 saturated carbocycles. The molecule has 0 aliphatic rings. The fourth-order valence-corrected chi connectivity index (χ4v) is 3.95. The van der Waals surface area contributed by atoms with Gasteiger partial charge in [0.15, 0.2) is 0 Å². The Morgan fingerprint density at radius 2 is 1.89 bits per heavy atom. The molecule has 0 spiro atoms. The monoisotopic (exact) mass is 305 g/mol. The molecule has 19 heavy (non-hydrogen) atoms. The predicted molar refractivity (Wildman–Crippen MR) is 82.3 cm³/mol. The molecule has 1 atom stereocenters. The van der Waals surface area contributed by atoms with Gasteiger partial charge in [-0.25, -0.2) is 0 Å². The third-order valence-corrected chi connectivity index (χ3v) is 5.08. The van der Waals surface area contributed by atoms with Crippen LogP contribution in [0, 0.1) is 0 Å². The molecule has 96 valence electrons. The van der Waals surface area contributed by atoms with Crippen molar-refractivity contribution in [2.24, 2.45) is 0 Å². The first-order chi connectivity index (χ1) is 9.34. The van der Waals surface area contributed by atoms with Crippen molar-refractivity contribution in [1.29, 1.82) is 0 Å². The quantitative estimate of drug-likeness (QED) is 0.761. The van der Waals surface area contributed by atoms with E-state index in [0.29, 0.717) is 0 Å². The van der Waals surface area contributed by atoms with Crippen LogP contribution >= 0.6 is 34.0 Å². The number of amides is 1. The molecule has 2 nitrogen and oxygen atoms in total. The molecule has 0 bridgehead atoms. The van der Waals surface area contributed by atoms with Gasteiger partial charge in [-0.1, -0.05) is 6.07 Å². The summed E-state index contributed by atoms with van der Waals surface area (Å²) in [4.78, 5) is 13.4. The Morgan fingerprint density at radius 1 is 1.05 bits per heavy atom. The van der Waals surface area contributed by atoms with Crippen molar-refractivity contribution in [2.75, 3.05) is 0 Å². The van der Waals surface area contributed by atoms with Crippen LogP contribution in [0.4, 0.5) is 0 Å². The molecular formula is C14H11NOS3. The molecule has 0 aliphatic carbocycles. The van der Waals surface area contributed by atoms with Gasteiger partial charge in [-0.05, 0) is 45.3 Å². The van der Waals surface area contributed by atoms with Crippen LogP contribution in [-0.2, 0) is 0 Å². The van der Waals surface area contributed by atoms with E-state index in [1.54, 1.807) is 22.7 Å². The second-order valence-electron chi connectivity index (χ2n) is 3.99. The Hall–Kier alpha value is -1.43. The molecular weight excluding hydrogens is 294 g/mol. The Bertz CT molecular complexity index is 592. The van der Waals surface area contributed by atoms with E-state index in [4.69, 9.17) is 0 Å². The van der Waals surface area contributed by atoms with Gasteiger partial charge in [0, 0.05) is 10.3 Å². The van der Waals surface area contributed by atoms with Gasteiger partial charge in [-0.2, -0.15) is 22.7 Å². The number of carbonyl (C=O) groups is 1. The number of nitrogens with one attached hydrogen (secondary N) is 1. The molecule has 0 fully saturated rings. The molecule has 0 aliphatic heterocycles. The summed E-state index contributed by atoms with van der Waals surface area (Å²) in [5, 5.41) is 13.0. The van der Waals surface area contributed by atoms with Crippen LogP contribution in [-0.4, -0.2) is 5.91 Å². The molecule has 3 aromatic rings. The van der Waals surface area contributed by atoms with Crippen LogP contribution < -0.4 is 5.32 Å². The summed E-state index contributed by atoms with van der Waals surface area (Å²) >= 11 is 4.84. The fraction of sp³-hybridized carbons (Fsp3) is 0.0714. The number of rotatable bonds is 4. The van der Waals surface area contributed by atoms with E-state index >= 15 is 0 Å². The van der Waals surface area contributed by atoms with E-state index < -0.39 is 0 Å². The smallest absolute Gasteiger partial charge is 0.252 e. The second-order valence-corrected chi connectivity index (χ2v) is 6.53. The van der Waals surface area contributed by atoms with Gasteiger partial charge in [-0.3, -0.25) is 4.79 Å². The number of carbonyl (C=O) groups excluding carboxylic acids is 1. The highest BCUT2D eigenvalue weighted by Crippen LogP contribution is 2.28. The summed E-state index contributed by atoms with van der Waals surface area (Å²) in [6.45, 7) is 0. The fourth-order valence-electron chi connectivity index (χ4n) is 1.82. The molecule has 3 rings (SSSR count). The molecule has 0 saturated heterocycles. The van der Waals surface area contributed by atoms with Crippen LogP contribution in [0.15, 0.2) is 51.2 Å². The molecule has 3 aromatic heterocycles. The standard InChI is InChI=1S/C14H11NOS3/c16-14(11-4-7-18-9-11)15-13(10-3-6-17-8-10)12-2-1-5-19-12/h1-9,13H,(H,15,16)/t13-/m1/s1. The largest absolute Gasteiger partial charge is 0.340 e. The summed E-state index contributed by atoms with van der Waals surface area (Å²) in [5.74, 6) is -0.0224. The third kappa shape index (κ3) is 2.78. The lowest BCUT2D eigenvalue weighted by molar-refractivity contribution is 0.0944. The molecule has 5 heteroatoms. The van der Waals surface area contributed by atoms with Gasteiger partial charge in [0.05, 0.1) is 11.6 Å². The van der Waals surface area contributed by atoms with Crippen LogP contribution in [0.2, 0.25) is 0 Å². The van der Waals surface area contributed by atoms with Crippen molar-refractivity contribution >= 4 is 39.9 Å². The van der Waals surface area contributed by atoms with Crippen LogP contribution in [0.1, 0.15) is 26.8 Å². The van der Waals surface area contributed by atoms with Crippen LogP contribution in [0.25, 0.3) is 0 Å². The summed E-state index contributed by atoms with van der Waals surface area (Å²) < 4.78 is 0. The van der Waals surface area contributed by atoms with Gasteiger partial charge < -0.3 is 5.32 Å². The van der Waals surface area contributed by atoms with Gasteiger partial charge in [-0.15, -0.1) is 11.3 Å². The van der Waals surface area contributed by atoms with E-state index in [9.17, 15) is 4.79 Å². The average molecular weight is 305 g/mol. The molecule has 0 radical (unpaired) electrons. The van der Waals surface area contributed by atoms with E-state index in [1.807, 2.05) is 33.7 Å². The zero-order valence-electron chi connectivity index (χ0n) is 9.91. The lowest BCUT2D eigenvalue weighted by Crippen LogP contribution is -2.28. The Morgan fingerprint density at radius 3 is 2.53 bits per heavy atom. The lowest BCUT2D eigenvalue weighted by atomic mass is 10.1. The normalized spacial score (nSPS) is 12.2. The third-order valence-electron chi connectivity index (χ3n) is 2.76. The second kappa shape index (κ2) is 5.69. The first kappa shape index (κ1) is 12.6.